The molecule has 1 fully saturated rings. The Labute approximate surface area is 121 Å². The molecular formula is C15H26N4O. The van der Waals surface area contributed by atoms with Crippen LogP contribution in [0.25, 0.3) is 0 Å². The average molecular weight is 278 g/mol. The summed E-state index contributed by atoms with van der Waals surface area (Å²) in [6, 6.07) is 2.15. The average Bonchev–Trinajstić information content (AvgIpc) is 3.05. The lowest BCUT2D eigenvalue weighted by atomic mass is 10.3. The maximum Gasteiger partial charge on any atom is 0.268 e. The van der Waals surface area contributed by atoms with E-state index in [1.54, 1.807) is 6.07 Å². The van der Waals surface area contributed by atoms with Crippen LogP contribution in [-0.4, -0.2) is 41.1 Å². The third-order valence-corrected chi connectivity index (χ3v) is 3.94. The first kappa shape index (κ1) is 14.9. The summed E-state index contributed by atoms with van der Waals surface area (Å²) in [6.45, 7) is 8.07. The van der Waals surface area contributed by atoms with Crippen molar-refractivity contribution in [3.05, 3.63) is 18.0 Å². The number of nitrogens with one attached hydrogen (secondary N) is 1. The minimum atomic E-state index is -0.0267. The molecule has 1 saturated heterocycles. The second-order valence-corrected chi connectivity index (χ2v) is 5.65. The first-order valence-electron chi connectivity index (χ1n) is 7.59. The molecule has 2 rings (SSSR count). The minimum absolute atomic E-state index is 0.0267. The van der Waals surface area contributed by atoms with Gasteiger partial charge in [0, 0.05) is 25.3 Å². The molecule has 1 aromatic rings. The fourth-order valence-corrected chi connectivity index (χ4v) is 2.79. The van der Waals surface area contributed by atoms with E-state index in [1.807, 2.05) is 10.8 Å². The van der Waals surface area contributed by atoms with Gasteiger partial charge in [0.25, 0.3) is 5.91 Å². The molecule has 1 unspecified atom stereocenters. The van der Waals surface area contributed by atoms with Gasteiger partial charge in [0.2, 0.25) is 0 Å². The second-order valence-electron chi connectivity index (χ2n) is 5.65. The van der Waals surface area contributed by atoms with Crippen LogP contribution in [-0.2, 0) is 6.54 Å². The van der Waals surface area contributed by atoms with Gasteiger partial charge in [-0.2, -0.15) is 0 Å². The SMILES string of the molecule is CCCn1cc(N)cc1C(=O)NCC(C)N1CCCC1. The molecule has 0 saturated carbocycles. The van der Waals surface area contributed by atoms with Gasteiger partial charge in [0.1, 0.15) is 5.69 Å². The van der Waals surface area contributed by atoms with Crippen LogP contribution < -0.4 is 11.1 Å². The summed E-state index contributed by atoms with van der Waals surface area (Å²) < 4.78 is 1.94. The number of nitrogens with zero attached hydrogens (tertiary/aromatic N) is 2. The fraction of sp³-hybridized carbons (Fsp3) is 0.667. The maximum atomic E-state index is 12.3. The maximum absolute atomic E-state index is 12.3. The molecular weight excluding hydrogens is 252 g/mol. The highest BCUT2D eigenvalue weighted by molar-refractivity contribution is 5.93. The summed E-state index contributed by atoms with van der Waals surface area (Å²) in [5.74, 6) is -0.0267. The van der Waals surface area contributed by atoms with Crippen LogP contribution >= 0.6 is 0 Å². The monoisotopic (exact) mass is 278 g/mol. The van der Waals surface area contributed by atoms with Crippen molar-refractivity contribution >= 4 is 11.6 Å². The molecule has 0 aliphatic carbocycles. The van der Waals surface area contributed by atoms with Gasteiger partial charge in [0.15, 0.2) is 0 Å². The molecule has 2 heterocycles. The normalized spacial score (nSPS) is 17.3. The Kier molecular flexibility index (Phi) is 5.06. The summed E-state index contributed by atoms with van der Waals surface area (Å²) in [5.41, 5.74) is 7.11. The number of hydrogen-bond acceptors (Lipinski definition) is 3. The summed E-state index contributed by atoms with van der Waals surface area (Å²) in [7, 11) is 0. The molecule has 0 bridgehead atoms. The zero-order valence-electron chi connectivity index (χ0n) is 12.6. The predicted molar refractivity (Wildman–Crippen MR) is 81.7 cm³/mol. The molecule has 20 heavy (non-hydrogen) atoms. The summed E-state index contributed by atoms with van der Waals surface area (Å²) in [4.78, 5) is 14.7. The van der Waals surface area contributed by atoms with Crippen molar-refractivity contribution in [2.45, 2.75) is 45.7 Å². The predicted octanol–water partition coefficient (Wildman–Crippen LogP) is 1.69. The third-order valence-electron chi connectivity index (χ3n) is 3.94. The fourth-order valence-electron chi connectivity index (χ4n) is 2.79. The van der Waals surface area contributed by atoms with Crippen LogP contribution in [0.5, 0.6) is 0 Å². The van der Waals surface area contributed by atoms with E-state index in [0.29, 0.717) is 24.0 Å². The molecule has 1 aromatic heterocycles. The lowest BCUT2D eigenvalue weighted by Gasteiger charge is -2.23. The van der Waals surface area contributed by atoms with E-state index in [4.69, 9.17) is 5.73 Å². The van der Waals surface area contributed by atoms with Gasteiger partial charge >= 0.3 is 0 Å². The van der Waals surface area contributed by atoms with E-state index in [9.17, 15) is 4.79 Å². The summed E-state index contributed by atoms with van der Waals surface area (Å²) >= 11 is 0. The number of anilines is 1. The smallest absolute Gasteiger partial charge is 0.268 e. The van der Waals surface area contributed by atoms with Crippen LogP contribution in [0.15, 0.2) is 12.3 Å². The second kappa shape index (κ2) is 6.79. The van der Waals surface area contributed by atoms with Crippen LogP contribution in [0.2, 0.25) is 0 Å². The van der Waals surface area contributed by atoms with Crippen molar-refractivity contribution in [3.8, 4) is 0 Å². The van der Waals surface area contributed by atoms with Gasteiger partial charge in [-0.15, -0.1) is 0 Å². The molecule has 3 N–H and O–H groups in total. The number of amides is 1. The van der Waals surface area contributed by atoms with Gasteiger partial charge in [-0.1, -0.05) is 6.92 Å². The van der Waals surface area contributed by atoms with Crippen molar-refractivity contribution in [2.24, 2.45) is 0 Å². The number of hydrogen-bond donors (Lipinski definition) is 2. The number of carbonyl (C=O) groups excluding carboxylic acids is 1. The number of nitrogens with two attached hydrogens (primary N) is 1. The number of nitrogen functional groups attached to an aromatic ring is 1. The summed E-state index contributed by atoms with van der Waals surface area (Å²) in [6.07, 6.45) is 5.36. The van der Waals surface area contributed by atoms with E-state index < -0.39 is 0 Å². The highest BCUT2D eigenvalue weighted by atomic mass is 16.1. The van der Waals surface area contributed by atoms with Crippen molar-refractivity contribution in [2.75, 3.05) is 25.4 Å². The zero-order chi connectivity index (χ0) is 14.5. The molecule has 0 radical (unpaired) electrons. The molecule has 5 nitrogen and oxygen atoms in total. The molecule has 5 heteroatoms. The molecule has 1 atom stereocenters. The summed E-state index contributed by atoms with van der Waals surface area (Å²) in [5, 5.41) is 3.03. The van der Waals surface area contributed by atoms with E-state index in [0.717, 1.165) is 26.1 Å². The van der Waals surface area contributed by atoms with Crippen LogP contribution in [0.3, 0.4) is 0 Å². The van der Waals surface area contributed by atoms with E-state index >= 15 is 0 Å². The zero-order valence-corrected chi connectivity index (χ0v) is 12.6. The Balaban J connectivity index is 1.90. The van der Waals surface area contributed by atoms with E-state index in [2.05, 4.69) is 24.1 Å². The molecule has 1 aliphatic rings. The number of rotatable bonds is 6. The number of aryl methyl sites for hydroxylation is 1. The highest BCUT2D eigenvalue weighted by Gasteiger charge is 2.19. The van der Waals surface area contributed by atoms with Gasteiger partial charge in [-0.05, 0) is 45.3 Å². The van der Waals surface area contributed by atoms with Gasteiger partial charge in [-0.3, -0.25) is 9.69 Å². The Hall–Kier alpha value is -1.49. The lowest BCUT2D eigenvalue weighted by Crippen LogP contribution is -2.41. The van der Waals surface area contributed by atoms with Gasteiger partial charge in [-0.25, -0.2) is 0 Å². The molecule has 0 spiro atoms. The van der Waals surface area contributed by atoms with Crippen LogP contribution in [0.4, 0.5) is 5.69 Å². The molecule has 1 amide bonds. The first-order valence-corrected chi connectivity index (χ1v) is 7.59. The van der Waals surface area contributed by atoms with Crippen molar-refractivity contribution in [3.63, 3.8) is 0 Å². The van der Waals surface area contributed by atoms with Crippen LogP contribution in [0.1, 0.15) is 43.6 Å². The lowest BCUT2D eigenvalue weighted by molar-refractivity contribution is 0.0931. The molecule has 112 valence electrons. The Bertz CT molecular complexity index is 449. The van der Waals surface area contributed by atoms with Crippen molar-refractivity contribution in [1.82, 2.24) is 14.8 Å². The Morgan fingerprint density at radius 2 is 2.15 bits per heavy atom. The van der Waals surface area contributed by atoms with E-state index in [1.165, 1.54) is 12.8 Å². The molecule has 1 aliphatic heterocycles. The minimum Gasteiger partial charge on any atom is -0.397 e. The van der Waals surface area contributed by atoms with Crippen molar-refractivity contribution < 1.29 is 4.79 Å². The standard InChI is InChI=1S/C15H26N4O/c1-3-6-19-11-13(16)9-14(19)15(20)17-10-12(2)18-7-4-5-8-18/h9,11-12H,3-8,10,16H2,1-2H3,(H,17,20). The van der Waals surface area contributed by atoms with Gasteiger partial charge in [0.05, 0.1) is 5.69 Å². The van der Waals surface area contributed by atoms with Gasteiger partial charge < -0.3 is 15.6 Å². The number of carbonyl (C=O) groups is 1. The molecule has 0 aromatic carbocycles. The number of aromatic nitrogens is 1. The van der Waals surface area contributed by atoms with Crippen molar-refractivity contribution in [1.29, 1.82) is 0 Å². The Morgan fingerprint density at radius 1 is 1.45 bits per heavy atom. The first-order chi connectivity index (χ1) is 9.61. The number of likely N-dealkylation sites (tertiary alicyclic amines) is 1. The van der Waals surface area contributed by atoms with Crippen LogP contribution in [0, 0.1) is 0 Å². The van der Waals surface area contributed by atoms with E-state index in [-0.39, 0.29) is 5.91 Å². The third kappa shape index (κ3) is 3.54. The quantitative estimate of drug-likeness (QED) is 0.832. The topological polar surface area (TPSA) is 63.3 Å². The largest absolute Gasteiger partial charge is 0.397 e. The Morgan fingerprint density at radius 3 is 2.80 bits per heavy atom. The highest BCUT2D eigenvalue weighted by Crippen LogP contribution is 2.13.